The summed E-state index contributed by atoms with van der Waals surface area (Å²) in [6.07, 6.45) is 7.01. The molecule has 1 saturated carbocycles. The van der Waals surface area contributed by atoms with Gasteiger partial charge in [0.1, 0.15) is 0 Å². The van der Waals surface area contributed by atoms with Crippen LogP contribution in [0.5, 0.6) is 0 Å². The fourth-order valence-electron chi connectivity index (χ4n) is 2.17. The van der Waals surface area contributed by atoms with Crippen molar-refractivity contribution < 1.29 is 9.84 Å². The number of hydrogen-bond acceptors (Lipinski definition) is 3. The van der Waals surface area contributed by atoms with Gasteiger partial charge in [0, 0.05) is 19.3 Å². The van der Waals surface area contributed by atoms with E-state index in [1.54, 1.807) is 7.11 Å². The van der Waals surface area contributed by atoms with Crippen molar-refractivity contribution in [3.05, 3.63) is 0 Å². The molecule has 0 atom stereocenters. The first-order valence-corrected chi connectivity index (χ1v) is 5.68. The Kier molecular flexibility index (Phi) is 5.45. The molecule has 0 aromatic heterocycles. The molecular formula is C11H23NO2. The van der Waals surface area contributed by atoms with Gasteiger partial charge in [-0.3, -0.25) is 0 Å². The molecule has 0 aromatic rings. The normalized spacial score (nSPS) is 20.1. The fraction of sp³-hybridized carbons (Fsp3) is 1.00. The van der Waals surface area contributed by atoms with Crippen LogP contribution in [0.1, 0.15) is 38.5 Å². The first kappa shape index (κ1) is 12.0. The van der Waals surface area contributed by atoms with E-state index in [9.17, 15) is 5.11 Å². The van der Waals surface area contributed by atoms with Crippen molar-refractivity contribution in [2.45, 2.75) is 44.1 Å². The summed E-state index contributed by atoms with van der Waals surface area (Å²) in [4.78, 5) is 0. The van der Waals surface area contributed by atoms with E-state index < -0.39 is 0 Å². The van der Waals surface area contributed by atoms with E-state index in [4.69, 9.17) is 4.74 Å². The van der Waals surface area contributed by atoms with Crippen LogP contribution in [0.15, 0.2) is 0 Å². The monoisotopic (exact) mass is 201 g/mol. The zero-order chi connectivity index (χ0) is 10.3. The lowest BCUT2D eigenvalue weighted by molar-refractivity contribution is 0.159. The summed E-state index contributed by atoms with van der Waals surface area (Å²) >= 11 is 0. The molecule has 1 aliphatic rings. The Balaban J connectivity index is 2.08. The van der Waals surface area contributed by atoms with Crippen molar-refractivity contribution in [1.82, 2.24) is 5.32 Å². The lowest BCUT2D eigenvalue weighted by Gasteiger charge is -2.28. The number of nitrogens with one attached hydrogen (secondary N) is 1. The Morgan fingerprint density at radius 2 is 2.00 bits per heavy atom. The van der Waals surface area contributed by atoms with Gasteiger partial charge in [-0.15, -0.1) is 0 Å². The van der Waals surface area contributed by atoms with Gasteiger partial charge in [-0.25, -0.2) is 0 Å². The van der Waals surface area contributed by atoms with Crippen molar-refractivity contribution in [3.63, 3.8) is 0 Å². The maximum atomic E-state index is 9.33. The van der Waals surface area contributed by atoms with Gasteiger partial charge in [0.25, 0.3) is 0 Å². The highest BCUT2D eigenvalue weighted by Gasteiger charge is 2.31. The highest BCUT2D eigenvalue weighted by atomic mass is 16.5. The number of ether oxygens (including phenoxy) is 1. The van der Waals surface area contributed by atoms with Crippen molar-refractivity contribution >= 4 is 0 Å². The first-order valence-electron chi connectivity index (χ1n) is 5.68. The molecule has 0 saturated heterocycles. The van der Waals surface area contributed by atoms with Gasteiger partial charge >= 0.3 is 0 Å². The Bertz CT molecular complexity index is 144. The van der Waals surface area contributed by atoms with Crippen molar-refractivity contribution in [2.24, 2.45) is 0 Å². The second-order valence-electron chi connectivity index (χ2n) is 4.27. The summed E-state index contributed by atoms with van der Waals surface area (Å²) < 4.78 is 4.99. The molecular weight excluding hydrogens is 178 g/mol. The van der Waals surface area contributed by atoms with Gasteiger partial charge in [0.2, 0.25) is 0 Å². The highest BCUT2D eigenvalue weighted by Crippen LogP contribution is 2.28. The third kappa shape index (κ3) is 3.56. The summed E-state index contributed by atoms with van der Waals surface area (Å²) in [5, 5.41) is 12.8. The zero-order valence-corrected chi connectivity index (χ0v) is 9.22. The fourth-order valence-corrected chi connectivity index (χ4v) is 2.17. The third-order valence-electron chi connectivity index (χ3n) is 3.14. The summed E-state index contributed by atoms with van der Waals surface area (Å²) in [6, 6.07) is 0. The third-order valence-corrected chi connectivity index (χ3v) is 3.14. The molecule has 0 amide bonds. The summed E-state index contributed by atoms with van der Waals surface area (Å²) in [6.45, 7) is 2.13. The second-order valence-corrected chi connectivity index (χ2v) is 4.27. The number of aliphatic hydroxyl groups excluding tert-OH is 1. The van der Waals surface area contributed by atoms with Crippen molar-refractivity contribution in [2.75, 3.05) is 26.9 Å². The van der Waals surface area contributed by atoms with E-state index in [1.807, 2.05) is 0 Å². The number of aliphatic hydroxyl groups is 1. The molecule has 1 fully saturated rings. The van der Waals surface area contributed by atoms with Crippen LogP contribution in [0.4, 0.5) is 0 Å². The van der Waals surface area contributed by atoms with Crippen molar-refractivity contribution in [3.8, 4) is 0 Å². The topological polar surface area (TPSA) is 41.5 Å². The highest BCUT2D eigenvalue weighted by molar-refractivity contribution is 4.91. The van der Waals surface area contributed by atoms with Gasteiger partial charge in [0.05, 0.1) is 6.61 Å². The molecule has 0 spiro atoms. The largest absolute Gasteiger partial charge is 0.394 e. The molecule has 1 aliphatic carbocycles. The predicted octanol–water partition coefficient (Wildman–Crippen LogP) is 1.31. The van der Waals surface area contributed by atoms with Crippen LogP contribution in [0.25, 0.3) is 0 Å². The average molecular weight is 201 g/mol. The lowest BCUT2D eigenvalue weighted by atomic mass is 9.99. The standard InChI is InChI=1S/C11H23NO2/c1-14-9-5-4-8-12-11(10-13)6-2-3-7-11/h12-13H,2-10H2,1H3. The van der Waals surface area contributed by atoms with Crippen molar-refractivity contribution in [1.29, 1.82) is 0 Å². The minimum absolute atomic E-state index is 0.0487. The van der Waals surface area contributed by atoms with Crippen LogP contribution in [0.3, 0.4) is 0 Å². The van der Waals surface area contributed by atoms with Crippen LogP contribution in [-0.4, -0.2) is 37.5 Å². The Hall–Kier alpha value is -0.120. The van der Waals surface area contributed by atoms with E-state index in [2.05, 4.69) is 5.32 Å². The van der Waals surface area contributed by atoms with E-state index in [0.717, 1.165) is 38.8 Å². The Morgan fingerprint density at radius 1 is 1.29 bits per heavy atom. The van der Waals surface area contributed by atoms with Gasteiger partial charge in [-0.1, -0.05) is 12.8 Å². The average Bonchev–Trinajstić information content (AvgIpc) is 2.67. The summed E-state index contributed by atoms with van der Waals surface area (Å²) in [7, 11) is 1.74. The number of unbranched alkanes of at least 4 members (excludes halogenated alkanes) is 1. The molecule has 2 N–H and O–H groups in total. The van der Waals surface area contributed by atoms with E-state index in [-0.39, 0.29) is 12.1 Å². The summed E-state index contributed by atoms with van der Waals surface area (Å²) in [5.74, 6) is 0. The molecule has 84 valence electrons. The quantitative estimate of drug-likeness (QED) is 0.610. The second kappa shape index (κ2) is 6.38. The van der Waals surface area contributed by atoms with Crippen LogP contribution < -0.4 is 5.32 Å². The molecule has 0 heterocycles. The van der Waals surface area contributed by atoms with Gasteiger partial charge in [-0.2, -0.15) is 0 Å². The number of rotatable bonds is 7. The molecule has 3 nitrogen and oxygen atoms in total. The predicted molar refractivity (Wildman–Crippen MR) is 57.4 cm³/mol. The van der Waals surface area contributed by atoms with E-state index >= 15 is 0 Å². The minimum atomic E-state index is 0.0487. The minimum Gasteiger partial charge on any atom is -0.394 e. The van der Waals surface area contributed by atoms with Crippen LogP contribution in [-0.2, 0) is 4.74 Å². The number of hydrogen-bond donors (Lipinski definition) is 2. The van der Waals surface area contributed by atoms with Crippen LogP contribution in [0.2, 0.25) is 0 Å². The molecule has 0 unspecified atom stereocenters. The maximum Gasteiger partial charge on any atom is 0.0613 e. The molecule has 14 heavy (non-hydrogen) atoms. The molecule has 0 aromatic carbocycles. The van der Waals surface area contributed by atoms with E-state index in [0.29, 0.717) is 0 Å². The molecule has 0 radical (unpaired) electrons. The Morgan fingerprint density at radius 3 is 2.57 bits per heavy atom. The smallest absolute Gasteiger partial charge is 0.0613 e. The SMILES string of the molecule is COCCCCNC1(CO)CCCC1. The molecule has 3 heteroatoms. The van der Waals surface area contributed by atoms with Gasteiger partial charge in [-0.05, 0) is 32.2 Å². The van der Waals surface area contributed by atoms with Crippen LogP contribution >= 0.6 is 0 Å². The number of methoxy groups -OCH3 is 1. The van der Waals surface area contributed by atoms with E-state index in [1.165, 1.54) is 12.8 Å². The Labute approximate surface area is 86.8 Å². The lowest BCUT2D eigenvalue weighted by Crippen LogP contribution is -2.46. The molecule has 0 bridgehead atoms. The molecule has 1 rings (SSSR count). The maximum absolute atomic E-state index is 9.33. The van der Waals surface area contributed by atoms with Gasteiger partial charge < -0.3 is 15.2 Å². The van der Waals surface area contributed by atoms with Gasteiger partial charge in [0.15, 0.2) is 0 Å². The summed E-state index contributed by atoms with van der Waals surface area (Å²) in [5.41, 5.74) is 0.0487. The van der Waals surface area contributed by atoms with Crippen LogP contribution in [0, 0.1) is 0 Å². The molecule has 0 aliphatic heterocycles. The first-order chi connectivity index (χ1) is 6.83. The zero-order valence-electron chi connectivity index (χ0n) is 9.22.